The standard InChI is InChI=1S/C20H24ClN5O3/c1-3-4-9-23-17-15-16(24-20(22)25-17)14(21)11-26(18(15)27)10-12-5-7-13(8-6-12)19(28)29-2/h5-8,11,18,27H,3-4,9-10H2,1-2H3,(H3,22,23,24,25). The van der Waals surface area contributed by atoms with E-state index in [0.29, 0.717) is 40.8 Å². The second-order valence-corrected chi connectivity index (χ2v) is 7.09. The highest BCUT2D eigenvalue weighted by Crippen LogP contribution is 2.38. The number of esters is 1. The molecular weight excluding hydrogens is 394 g/mol. The van der Waals surface area contributed by atoms with Gasteiger partial charge in [-0.1, -0.05) is 37.1 Å². The number of anilines is 2. The van der Waals surface area contributed by atoms with Crippen LogP contribution in [0.3, 0.4) is 0 Å². The number of nitrogens with one attached hydrogen (secondary N) is 1. The van der Waals surface area contributed by atoms with E-state index in [1.807, 2.05) is 0 Å². The molecule has 29 heavy (non-hydrogen) atoms. The number of carbonyl (C=O) groups is 1. The van der Waals surface area contributed by atoms with Gasteiger partial charge in [0.05, 0.1) is 29.0 Å². The maximum absolute atomic E-state index is 11.6. The first-order valence-corrected chi connectivity index (χ1v) is 9.72. The molecule has 3 rings (SSSR count). The van der Waals surface area contributed by atoms with Crippen LogP contribution in [0.1, 0.15) is 53.2 Å². The van der Waals surface area contributed by atoms with Crippen LogP contribution in [-0.2, 0) is 11.3 Å². The normalized spacial score (nSPS) is 15.5. The van der Waals surface area contributed by atoms with Crippen LogP contribution in [0.15, 0.2) is 30.5 Å². The summed E-state index contributed by atoms with van der Waals surface area (Å²) < 4.78 is 4.71. The lowest BCUT2D eigenvalue weighted by Crippen LogP contribution is -2.29. The summed E-state index contributed by atoms with van der Waals surface area (Å²) in [6, 6.07) is 6.96. The van der Waals surface area contributed by atoms with Crippen molar-refractivity contribution in [2.24, 2.45) is 0 Å². The van der Waals surface area contributed by atoms with Crippen molar-refractivity contribution in [3.05, 3.63) is 52.8 Å². The number of aliphatic hydroxyl groups excluding tert-OH is 1. The van der Waals surface area contributed by atoms with E-state index >= 15 is 0 Å². The van der Waals surface area contributed by atoms with Gasteiger partial charge in [0.25, 0.3) is 0 Å². The van der Waals surface area contributed by atoms with E-state index in [4.69, 9.17) is 22.1 Å². The number of ether oxygens (including phenoxy) is 1. The van der Waals surface area contributed by atoms with E-state index in [2.05, 4.69) is 22.2 Å². The molecule has 0 aliphatic carbocycles. The van der Waals surface area contributed by atoms with E-state index in [1.54, 1.807) is 35.4 Å². The van der Waals surface area contributed by atoms with Crippen molar-refractivity contribution in [3.8, 4) is 0 Å². The number of halogens is 1. The summed E-state index contributed by atoms with van der Waals surface area (Å²) in [7, 11) is 1.34. The van der Waals surface area contributed by atoms with Gasteiger partial charge in [-0.15, -0.1) is 0 Å². The molecule has 1 aliphatic rings. The van der Waals surface area contributed by atoms with Crippen LogP contribution >= 0.6 is 11.6 Å². The number of unbranched alkanes of at least 4 members (excludes halogenated alkanes) is 1. The van der Waals surface area contributed by atoms with Crippen molar-refractivity contribution in [2.45, 2.75) is 32.5 Å². The van der Waals surface area contributed by atoms with Crippen molar-refractivity contribution >= 4 is 34.4 Å². The molecule has 4 N–H and O–H groups in total. The second-order valence-electron chi connectivity index (χ2n) is 6.68. The molecule has 0 spiro atoms. The summed E-state index contributed by atoms with van der Waals surface area (Å²) in [4.78, 5) is 21.7. The first kappa shape index (κ1) is 20.9. The minimum atomic E-state index is -1.00. The van der Waals surface area contributed by atoms with Crippen LogP contribution in [0.5, 0.6) is 0 Å². The fourth-order valence-corrected chi connectivity index (χ4v) is 3.35. The molecule has 2 heterocycles. The van der Waals surface area contributed by atoms with Crippen molar-refractivity contribution in [3.63, 3.8) is 0 Å². The summed E-state index contributed by atoms with van der Waals surface area (Å²) in [6.45, 7) is 3.16. The number of hydrogen-bond acceptors (Lipinski definition) is 8. The van der Waals surface area contributed by atoms with Gasteiger partial charge in [0, 0.05) is 19.3 Å². The Labute approximate surface area is 174 Å². The third-order valence-electron chi connectivity index (χ3n) is 4.60. The maximum Gasteiger partial charge on any atom is 0.337 e. The molecule has 1 unspecified atom stereocenters. The Hall–Kier alpha value is -2.84. The van der Waals surface area contributed by atoms with Crippen LogP contribution in [0.2, 0.25) is 0 Å². The number of nitrogens with zero attached hydrogens (tertiary/aromatic N) is 3. The number of rotatable bonds is 7. The molecule has 0 bridgehead atoms. The maximum atomic E-state index is 11.6. The molecule has 1 aliphatic heterocycles. The average molecular weight is 418 g/mol. The molecule has 0 fully saturated rings. The summed E-state index contributed by atoms with van der Waals surface area (Å²) in [5, 5.41) is 14.6. The van der Waals surface area contributed by atoms with Gasteiger partial charge in [-0.25, -0.2) is 9.78 Å². The quantitative estimate of drug-likeness (QED) is 0.465. The van der Waals surface area contributed by atoms with Gasteiger partial charge in [0.1, 0.15) is 5.82 Å². The van der Waals surface area contributed by atoms with E-state index in [1.165, 1.54) is 7.11 Å². The molecule has 1 atom stereocenters. The van der Waals surface area contributed by atoms with E-state index in [-0.39, 0.29) is 5.95 Å². The zero-order valence-corrected chi connectivity index (χ0v) is 17.1. The van der Waals surface area contributed by atoms with Crippen molar-refractivity contribution in [1.29, 1.82) is 0 Å². The molecular formula is C20H24ClN5O3. The number of carbonyl (C=O) groups excluding carboxylic acids is 1. The van der Waals surface area contributed by atoms with Gasteiger partial charge in [-0.2, -0.15) is 4.98 Å². The third-order valence-corrected chi connectivity index (χ3v) is 4.88. The van der Waals surface area contributed by atoms with Gasteiger partial charge in [0.2, 0.25) is 5.95 Å². The Morgan fingerprint density at radius 1 is 1.34 bits per heavy atom. The molecule has 154 valence electrons. The Bertz CT molecular complexity index is 917. The fraction of sp³-hybridized carbons (Fsp3) is 0.350. The summed E-state index contributed by atoms with van der Waals surface area (Å²) in [5.74, 6) is 0.169. The molecule has 0 saturated carbocycles. The number of methoxy groups -OCH3 is 1. The zero-order valence-electron chi connectivity index (χ0n) is 16.4. The van der Waals surface area contributed by atoms with Crippen molar-refractivity contribution < 1.29 is 14.6 Å². The molecule has 0 amide bonds. The van der Waals surface area contributed by atoms with Crippen LogP contribution in [-0.4, -0.2) is 39.6 Å². The van der Waals surface area contributed by atoms with Crippen molar-refractivity contribution in [1.82, 2.24) is 14.9 Å². The number of benzene rings is 1. The smallest absolute Gasteiger partial charge is 0.337 e. The Kier molecular flexibility index (Phi) is 6.56. The summed E-state index contributed by atoms with van der Waals surface area (Å²) in [6.07, 6.45) is 2.60. The van der Waals surface area contributed by atoms with Crippen molar-refractivity contribution in [2.75, 3.05) is 24.7 Å². The predicted octanol–water partition coefficient (Wildman–Crippen LogP) is 3.10. The topological polar surface area (TPSA) is 114 Å². The lowest BCUT2D eigenvalue weighted by Gasteiger charge is -2.33. The summed E-state index contributed by atoms with van der Waals surface area (Å²) in [5.41, 5.74) is 8.08. The number of nitrogen functional groups attached to an aromatic ring is 1. The highest BCUT2D eigenvalue weighted by atomic mass is 35.5. The minimum absolute atomic E-state index is 0.0911. The summed E-state index contributed by atoms with van der Waals surface area (Å²) >= 11 is 6.44. The molecule has 8 nitrogen and oxygen atoms in total. The van der Waals surface area contributed by atoms with Gasteiger partial charge < -0.3 is 25.8 Å². The lowest BCUT2D eigenvalue weighted by molar-refractivity contribution is 0.0293. The fourth-order valence-electron chi connectivity index (χ4n) is 3.08. The predicted molar refractivity (Wildman–Crippen MR) is 112 cm³/mol. The molecule has 0 saturated heterocycles. The van der Waals surface area contributed by atoms with E-state index < -0.39 is 12.2 Å². The molecule has 1 aromatic carbocycles. The van der Waals surface area contributed by atoms with Gasteiger partial charge in [-0.3, -0.25) is 0 Å². The van der Waals surface area contributed by atoms with Gasteiger partial charge >= 0.3 is 5.97 Å². The Morgan fingerprint density at radius 2 is 2.07 bits per heavy atom. The highest BCUT2D eigenvalue weighted by Gasteiger charge is 2.30. The lowest BCUT2D eigenvalue weighted by atomic mass is 10.1. The van der Waals surface area contributed by atoms with E-state index in [0.717, 1.165) is 18.4 Å². The number of hydrogen-bond donors (Lipinski definition) is 3. The third kappa shape index (κ3) is 4.60. The van der Waals surface area contributed by atoms with Crippen LogP contribution < -0.4 is 11.1 Å². The van der Waals surface area contributed by atoms with Crippen LogP contribution in [0.4, 0.5) is 11.8 Å². The SMILES string of the molecule is CCCCNc1nc(N)nc2c1C(O)N(Cc1ccc(C(=O)OC)cc1)C=C2Cl. The monoisotopic (exact) mass is 417 g/mol. The molecule has 2 aromatic rings. The van der Waals surface area contributed by atoms with Crippen LogP contribution in [0, 0.1) is 0 Å². The number of nitrogens with two attached hydrogens (primary N) is 1. The van der Waals surface area contributed by atoms with Crippen LogP contribution in [0.25, 0.3) is 5.03 Å². The molecule has 9 heteroatoms. The average Bonchev–Trinajstić information content (AvgIpc) is 2.71. The minimum Gasteiger partial charge on any atom is -0.465 e. The largest absolute Gasteiger partial charge is 0.465 e. The first-order chi connectivity index (χ1) is 13.9. The molecule has 0 radical (unpaired) electrons. The van der Waals surface area contributed by atoms with Gasteiger partial charge in [0.15, 0.2) is 6.23 Å². The number of fused-ring (bicyclic) bond motifs is 1. The van der Waals surface area contributed by atoms with E-state index in [9.17, 15) is 9.90 Å². The highest BCUT2D eigenvalue weighted by molar-refractivity contribution is 6.48. The van der Waals surface area contributed by atoms with Gasteiger partial charge in [-0.05, 0) is 24.1 Å². The zero-order chi connectivity index (χ0) is 21.0. The number of aromatic nitrogens is 2. The molecule has 1 aromatic heterocycles. The first-order valence-electron chi connectivity index (χ1n) is 9.34. The Morgan fingerprint density at radius 3 is 2.72 bits per heavy atom. The number of aliphatic hydroxyl groups is 1. The Balaban J connectivity index is 1.86. The second kappa shape index (κ2) is 9.11.